The van der Waals surface area contributed by atoms with Gasteiger partial charge < -0.3 is 14.8 Å². The fourth-order valence-corrected chi connectivity index (χ4v) is 2.17. The molecule has 0 bridgehead atoms. The summed E-state index contributed by atoms with van der Waals surface area (Å²) in [4.78, 5) is 6.74. The van der Waals surface area contributed by atoms with E-state index in [1.165, 1.54) is 5.82 Å². The van der Waals surface area contributed by atoms with Crippen molar-refractivity contribution >= 4 is 0 Å². The lowest BCUT2D eigenvalue weighted by atomic mass is 10.0. The quantitative estimate of drug-likeness (QED) is 0.783. The highest BCUT2D eigenvalue weighted by atomic mass is 15.2. The second-order valence-corrected chi connectivity index (χ2v) is 5.96. The Labute approximate surface area is 118 Å². The van der Waals surface area contributed by atoms with E-state index in [2.05, 4.69) is 67.6 Å². The Balaban J connectivity index is 2.46. The van der Waals surface area contributed by atoms with Gasteiger partial charge in [-0.1, -0.05) is 13.8 Å². The molecule has 0 aromatic carbocycles. The van der Waals surface area contributed by atoms with Crippen LogP contribution >= 0.6 is 0 Å². The largest absolute Gasteiger partial charge is 0.333 e. The Kier molecular flexibility index (Phi) is 6.01. The van der Waals surface area contributed by atoms with Gasteiger partial charge in [-0.3, -0.25) is 0 Å². The molecular weight excluding hydrogens is 236 g/mol. The van der Waals surface area contributed by atoms with E-state index in [1.54, 1.807) is 0 Å². The van der Waals surface area contributed by atoms with Crippen molar-refractivity contribution < 1.29 is 0 Å². The summed E-state index contributed by atoms with van der Waals surface area (Å²) in [5.74, 6) is 1.17. The van der Waals surface area contributed by atoms with Crippen LogP contribution in [0.5, 0.6) is 0 Å². The van der Waals surface area contributed by atoms with Gasteiger partial charge in [0.2, 0.25) is 0 Å². The Morgan fingerprint density at radius 3 is 2.68 bits per heavy atom. The smallest absolute Gasteiger partial charge is 0.108 e. The lowest BCUT2D eigenvalue weighted by Crippen LogP contribution is -2.50. The molecule has 0 radical (unpaired) electrons. The van der Waals surface area contributed by atoms with Gasteiger partial charge in [-0.2, -0.15) is 0 Å². The van der Waals surface area contributed by atoms with Crippen LogP contribution in [-0.4, -0.2) is 46.2 Å². The van der Waals surface area contributed by atoms with Crippen molar-refractivity contribution in [3.05, 3.63) is 18.2 Å². The van der Waals surface area contributed by atoms with Gasteiger partial charge in [0, 0.05) is 43.5 Å². The van der Waals surface area contributed by atoms with Gasteiger partial charge in [0.25, 0.3) is 0 Å². The van der Waals surface area contributed by atoms with Crippen molar-refractivity contribution in [3.8, 4) is 0 Å². The zero-order chi connectivity index (χ0) is 14.5. The van der Waals surface area contributed by atoms with E-state index in [1.807, 2.05) is 6.20 Å². The predicted octanol–water partition coefficient (Wildman–Crippen LogP) is 2.15. The average Bonchev–Trinajstić information content (AvgIpc) is 2.82. The fourth-order valence-electron chi connectivity index (χ4n) is 2.17. The first-order chi connectivity index (χ1) is 8.90. The molecule has 0 aliphatic rings. The van der Waals surface area contributed by atoms with Crippen molar-refractivity contribution in [1.82, 2.24) is 19.8 Å². The number of aryl methyl sites for hydroxylation is 1. The first kappa shape index (κ1) is 16.2. The Bertz CT molecular complexity index is 370. The molecule has 1 aromatic heterocycles. The highest BCUT2D eigenvalue weighted by molar-refractivity contribution is 4.92. The maximum atomic E-state index is 4.37. The molecule has 1 unspecified atom stereocenters. The molecule has 1 aromatic rings. The highest BCUT2D eigenvalue weighted by Gasteiger charge is 2.22. The average molecular weight is 266 g/mol. The van der Waals surface area contributed by atoms with E-state index in [0.717, 1.165) is 26.1 Å². The Hall–Kier alpha value is -0.870. The number of likely N-dealkylation sites (N-methyl/N-ethyl adjacent to an activating group) is 1. The lowest BCUT2D eigenvalue weighted by molar-refractivity contribution is 0.156. The van der Waals surface area contributed by atoms with E-state index >= 15 is 0 Å². The maximum absolute atomic E-state index is 4.37. The molecule has 1 heterocycles. The minimum Gasteiger partial charge on any atom is -0.333 e. The normalized spacial score (nSPS) is 14.1. The number of nitrogens with zero attached hydrogens (tertiary/aromatic N) is 3. The third-order valence-electron chi connectivity index (χ3n) is 3.98. The summed E-state index contributed by atoms with van der Waals surface area (Å²) >= 11 is 0. The van der Waals surface area contributed by atoms with Crippen molar-refractivity contribution in [2.45, 2.75) is 59.2 Å². The molecule has 19 heavy (non-hydrogen) atoms. The van der Waals surface area contributed by atoms with Crippen LogP contribution in [0.2, 0.25) is 0 Å². The summed E-state index contributed by atoms with van der Waals surface area (Å²) in [5, 5.41) is 3.64. The number of nitrogens with one attached hydrogen (secondary N) is 1. The van der Waals surface area contributed by atoms with E-state index in [0.29, 0.717) is 6.04 Å². The summed E-state index contributed by atoms with van der Waals surface area (Å²) in [7, 11) is 2.18. The van der Waals surface area contributed by atoms with Crippen LogP contribution in [0.3, 0.4) is 0 Å². The number of rotatable bonds is 8. The topological polar surface area (TPSA) is 33.1 Å². The fraction of sp³-hybridized carbons (Fsp3) is 0.800. The van der Waals surface area contributed by atoms with Crippen molar-refractivity contribution in [2.24, 2.45) is 0 Å². The van der Waals surface area contributed by atoms with Gasteiger partial charge in [0.15, 0.2) is 0 Å². The molecular formula is C15H30N4. The van der Waals surface area contributed by atoms with Crippen molar-refractivity contribution in [1.29, 1.82) is 0 Å². The first-order valence-electron chi connectivity index (χ1n) is 7.35. The molecule has 1 atom stereocenters. The minimum atomic E-state index is 0.186. The Morgan fingerprint density at radius 1 is 1.42 bits per heavy atom. The van der Waals surface area contributed by atoms with Gasteiger partial charge in [0.05, 0.1) is 0 Å². The third-order valence-corrected chi connectivity index (χ3v) is 3.98. The first-order valence-corrected chi connectivity index (χ1v) is 7.35. The van der Waals surface area contributed by atoms with Crippen LogP contribution in [0, 0.1) is 0 Å². The van der Waals surface area contributed by atoms with Crippen LogP contribution in [0.15, 0.2) is 12.4 Å². The van der Waals surface area contributed by atoms with Crippen LogP contribution < -0.4 is 5.32 Å². The second-order valence-electron chi connectivity index (χ2n) is 5.96. The van der Waals surface area contributed by atoms with Crippen LogP contribution in [-0.2, 0) is 13.0 Å². The minimum absolute atomic E-state index is 0.186. The molecule has 0 amide bonds. The van der Waals surface area contributed by atoms with Gasteiger partial charge >= 0.3 is 0 Å². The van der Waals surface area contributed by atoms with Gasteiger partial charge in [0.1, 0.15) is 5.82 Å². The zero-order valence-corrected chi connectivity index (χ0v) is 13.4. The van der Waals surface area contributed by atoms with E-state index in [-0.39, 0.29) is 5.54 Å². The maximum Gasteiger partial charge on any atom is 0.108 e. The summed E-state index contributed by atoms with van der Waals surface area (Å²) < 4.78 is 2.24. The van der Waals surface area contributed by atoms with Crippen LogP contribution in [0.4, 0.5) is 0 Å². The highest BCUT2D eigenvalue weighted by Crippen LogP contribution is 2.10. The van der Waals surface area contributed by atoms with E-state index < -0.39 is 0 Å². The summed E-state index contributed by atoms with van der Waals surface area (Å²) in [6.07, 6.45) is 4.95. The zero-order valence-electron chi connectivity index (χ0n) is 13.4. The van der Waals surface area contributed by atoms with Gasteiger partial charge in [-0.05, 0) is 34.4 Å². The SMILES string of the molecule is CCc1nccn1CC(C)NCC(C)(C)N(C)CC. The second kappa shape index (κ2) is 7.06. The molecule has 0 aliphatic carbocycles. The van der Waals surface area contributed by atoms with Crippen LogP contribution in [0.1, 0.15) is 40.4 Å². The van der Waals surface area contributed by atoms with E-state index in [9.17, 15) is 0 Å². The van der Waals surface area contributed by atoms with Crippen molar-refractivity contribution in [3.63, 3.8) is 0 Å². The molecule has 1 N–H and O–H groups in total. The van der Waals surface area contributed by atoms with Crippen LogP contribution in [0.25, 0.3) is 0 Å². The number of hydrogen-bond donors (Lipinski definition) is 1. The molecule has 0 saturated heterocycles. The molecule has 0 saturated carbocycles. The third kappa shape index (κ3) is 4.62. The molecule has 110 valence electrons. The molecule has 4 nitrogen and oxygen atoms in total. The molecule has 0 fully saturated rings. The summed E-state index contributed by atoms with van der Waals surface area (Å²) in [6.45, 7) is 14.2. The van der Waals surface area contributed by atoms with Gasteiger partial charge in [-0.25, -0.2) is 4.98 Å². The van der Waals surface area contributed by atoms with Crippen molar-refractivity contribution in [2.75, 3.05) is 20.1 Å². The summed E-state index contributed by atoms with van der Waals surface area (Å²) in [5.41, 5.74) is 0.186. The summed E-state index contributed by atoms with van der Waals surface area (Å²) in [6, 6.07) is 0.448. The molecule has 1 rings (SSSR count). The van der Waals surface area contributed by atoms with E-state index in [4.69, 9.17) is 0 Å². The monoisotopic (exact) mass is 266 g/mol. The molecule has 0 aliphatic heterocycles. The van der Waals surface area contributed by atoms with Gasteiger partial charge in [-0.15, -0.1) is 0 Å². The number of hydrogen-bond acceptors (Lipinski definition) is 3. The molecule has 0 spiro atoms. The lowest BCUT2D eigenvalue weighted by Gasteiger charge is -2.36. The standard InChI is InChI=1S/C15H30N4/c1-7-14-16-9-10-19(14)11-13(3)17-12-15(4,5)18(6)8-2/h9-10,13,17H,7-8,11-12H2,1-6H3. The molecule has 4 heteroatoms. The Morgan fingerprint density at radius 2 is 2.11 bits per heavy atom. The number of imidazole rings is 1. The predicted molar refractivity (Wildman–Crippen MR) is 81.5 cm³/mol. The number of aromatic nitrogens is 2.